The summed E-state index contributed by atoms with van der Waals surface area (Å²) in [6.07, 6.45) is 6.51. The largest absolute Gasteiger partial charge is 0.357 e. The first-order valence-electron chi connectivity index (χ1n) is 7.66. The minimum Gasteiger partial charge on any atom is -0.357 e. The van der Waals surface area contributed by atoms with E-state index in [1.54, 1.807) is 0 Å². The summed E-state index contributed by atoms with van der Waals surface area (Å²) in [6, 6.07) is 0. The SMILES string of the molecule is CNc1nc(N(C)CC2CCC2)nc(N2CCCC2)n1. The molecule has 1 aromatic rings. The molecule has 110 valence electrons. The van der Waals surface area contributed by atoms with E-state index >= 15 is 0 Å². The maximum absolute atomic E-state index is 4.66. The lowest BCUT2D eigenvalue weighted by atomic mass is 9.85. The molecule has 1 aliphatic carbocycles. The van der Waals surface area contributed by atoms with E-state index in [0.29, 0.717) is 5.95 Å². The smallest absolute Gasteiger partial charge is 0.231 e. The minimum absolute atomic E-state index is 0.664. The summed E-state index contributed by atoms with van der Waals surface area (Å²) < 4.78 is 0. The van der Waals surface area contributed by atoms with Crippen LogP contribution in [-0.4, -0.2) is 48.7 Å². The normalized spacial score (nSPS) is 19.0. The molecule has 6 nitrogen and oxygen atoms in total. The first-order chi connectivity index (χ1) is 9.76. The van der Waals surface area contributed by atoms with Gasteiger partial charge in [0.05, 0.1) is 0 Å². The molecule has 0 radical (unpaired) electrons. The van der Waals surface area contributed by atoms with Crippen molar-refractivity contribution in [3.8, 4) is 0 Å². The highest BCUT2D eigenvalue weighted by Crippen LogP contribution is 2.28. The van der Waals surface area contributed by atoms with Gasteiger partial charge in [-0.05, 0) is 31.6 Å². The zero-order valence-electron chi connectivity index (χ0n) is 12.5. The molecule has 0 atom stereocenters. The molecule has 3 rings (SSSR count). The molecule has 0 amide bonds. The van der Waals surface area contributed by atoms with Gasteiger partial charge in [-0.3, -0.25) is 0 Å². The van der Waals surface area contributed by atoms with E-state index in [1.165, 1.54) is 32.1 Å². The monoisotopic (exact) mass is 276 g/mol. The van der Waals surface area contributed by atoms with E-state index in [2.05, 4.69) is 37.1 Å². The van der Waals surface area contributed by atoms with Crippen molar-refractivity contribution in [3.63, 3.8) is 0 Å². The second kappa shape index (κ2) is 5.81. The van der Waals surface area contributed by atoms with Crippen molar-refractivity contribution in [2.24, 2.45) is 5.92 Å². The summed E-state index contributed by atoms with van der Waals surface area (Å²) in [5, 5.41) is 3.05. The fraction of sp³-hybridized carbons (Fsp3) is 0.786. The van der Waals surface area contributed by atoms with Crippen LogP contribution in [0, 0.1) is 5.92 Å². The number of hydrogen-bond acceptors (Lipinski definition) is 6. The van der Waals surface area contributed by atoms with Crippen molar-refractivity contribution in [2.75, 3.05) is 48.8 Å². The average molecular weight is 276 g/mol. The molecule has 2 aliphatic rings. The molecule has 0 bridgehead atoms. The molecule has 1 saturated heterocycles. The van der Waals surface area contributed by atoms with Crippen LogP contribution in [0.2, 0.25) is 0 Å². The van der Waals surface area contributed by atoms with Crippen molar-refractivity contribution in [1.82, 2.24) is 15.0 Å². The van der Waals surface area contributed by atoms with Crippen LogP contribution in [0.15, 0.2) is 0 Å². The summed E-state index contributed by atoms with van der Waals surface area (Å²) in [4.78, 5) is 18.1. The third kappa shape index (κ3) is 2.78. The first kappa shape index (κ1) is 13.4. The Morgan fingerprint density at radius 3 is 2.50 bits per heavy atom. The van der Waals surface area contributed by atoms with E-state index in [9.17, 15) is 0 Å². The van der Waals surface area contributed by atoms with Gasteiger partial charge in [-0.2, -0.15) is 15.0 Å². The topological polar surface area (TPSA) is 57.2 Å². The molecule has 0 unspecified atom stereocenters. The van der Waals surface area contributed by atoms with E-state index in [-0.39, 0.29) is 0 Å². The van der Waals surface area contributed by atoms with Crippen molar-refractivity contribution >= 4 is 17.8 Å². The van der Waals surface area contributed by atoms with Gasteiger partial charge in [0.15, 0.2) is 0 Å². The van der Waals surface area contributed by atoms with Gasteiger partial charge < -0.3 is 15.1 Å². The fourth-order valence-corrected chi connectivity index (χ4v) is 2.84. The molecule has 1 aliphatic heterocycles. The lowest BCUT2D eigenvalue weighted by Crippen LogP contribution is -2.31. The second-order valence-corrected chi connectivity index (χ2v) is 5.88. The zero-order valence-corrected chi connectivity index (χ0v) is 12.5. The molecule has 0 spiro atoms. The van der Waals surface area contributed by atoms with Crippen molar-refractivity contribution < 1.29 is 0 Å². The predicted octanol–water partition coefficient (Wildman–Crippen LogP) is 1.75. The van der Waals surface area contributed by atoms with Gasteiger partial charge in [-0.25, -0.2) is 0 Å². The predicted molar refractivity (Wildman–Crippen MR) is 81.4 cm³/mol. The van der Waals surface area contributed by atoms with E-state index in [0.717, 1.165) is 37.4 Å². The fourth-order valence-electron chi connectivity index (χ4n) is 2.84. The summed E-state index contributed by atoms with van der Waals surface area (Å²) in [5.41, 5.74) is 0. The molecule has 2 fully saturated rings. The van der Waals surface area contributed by atoms with Crippen LogP contribution < -0.4 is 15.1 Å². The maximum atomic E-state index is 4.66. The summed E-state index contributed by atoms with van der Waals surface area (Å²) in [5.74, 6) is 3.08. The van der Waals surface area contributed by atoms with Crippen LogP contribution in [0.1, 0.15) is 32.1 Å². The van der Waals surface area contributed by atoms with Gasteiger partial charge >= 0.3 is 0 Å². The third-order valence-corrected chi connectivity index (χ3v) is 4.32. The van der Waals surface area contributed by atoms with Gasteiger partial charge in [0.25, 0.3) is 0 Å². The van der Waals surface area contributed by atoms with E-state index < -0.39 is 0 Å². The highest BCUT2D eigenvalue weighted by atomic mass is 15.4. The number of hydrogen-bond donors (Lipinski definition) is 1. The molecule has 6 heteroatoms. The Kier molecular flexibility index (Phi) is 3.89. The first-order valence-corrected chi connectivity index (χ1v) is 7.66. The van der Waals surface area contributed by atoms with Crippen LogP contribution in [0.3, 0.4) is 0 Å². The number of aromatic nitrogens is 3. The average Bonchev–Trinajstić information content (AvgIpc) is 2.96. The van der Waals surface area contributed by atoms with E-state index in [1.807, 2.05) is 7.05 Å². The standard InChI is InChI=1S/C14H24N6/c1-15-12-16-13(19(2)10-11-6-5-7-11)18-14(17-12)20-8-3-4-9-20/h11H,3-10H2,1-2H3,(H,15,16,17,18). The zero-order chi connectivity index (χ0) is 13.9. The highest BCUT2D eigenvalue weighted by molar-refractivity contribution is 5.45. The van der Waals surface area contributed by atoms with Crippen molar-refractivity contribution in [2.45, 2.75) is 32.1 Å². The molecule has 1 aromatic heterocycles. The third-order valence-electron chi connectivity index (χ3n) is 4.32. The van der Waals surface area contributed by atoms with Gasteiger partial charge in [0.1, 0.15) is 0 Å². The van der Waals surface area contributed by atoms with Gasteiger partial charge in [-0.15, -0.1) is 0 Å². The van der Waals surface area contributed by atoms with Gasteiger partial charge in [-0.1, -0.05) is 6.42 Å². The number of anilines is 3. The number of rotatable bonds is 5. The lowest BCUT2D eigenvalue weighted by molar-refractivity contribution is 0.320. The Labute approximate surface area is 120 Å². The van der Waals surface area contributed by atoms with Crippen molar-refractivity contribution in [3.05, 3.63) is 0 Å². The van der Waals surface area contributed by atoms with Crippen LogP contribution in [0.25, 0.3) is 0 Å². The summed E-state index contributed by atoms with van der Waals surface area (Å²) in [7, 11) is 3.94. The Morgan fingerprint density at radius 1 is 1.15 bits per heavy atom. The Morgan fingerprint density at radius 2 is 1.90 bits per heavy atom. The lowest BCUT2D eigenvalue weighted by Gasteiger charge is -2.30. The van der Waals surface area contributed by atoms with Crippen LogP contribution in [0.4, 0.5) is 17.8 Å². The Balaban J connectivity index is 1.79. The Bertz CT molecular complexity index is 453. The summed E-state index contributed by atoms with van der Waals surface area (Å²) >= 11 is 0. The molecule has 2 heterocycles. The number of nitrogens with zero attached hydrogens (tertiary/aromatic N) is 5. The molecule has 1 saturated carbocycles. The highest BCUT2D eigenvalue weighted by Gasteiger charge is 2.22. The molecular formula is C14H24N6. The summed E-state index contributed by atoms with van der Waals surface area (Å²) in [6.45, 7) is 3.16. The number of nitrogens with one attached hydrogen (secondary N) is 1. The van der Waals surface area contributed by atoms with Crippen LogP contribution >= 0.6 is 0 Å². The minimum atomic E-state index is 0.664. The Hall–Kier alpha value is -1.59. The maximum Gasteiger partial charge on any atom is 0.231 e. The molecule has 0 aromatic carbocycles. The molecule has 20 heavy (non-hydrogen) atoms. The second-order valence-electron chi connectivity index (χ2n) is 5.88. The van der Waals surface area contributed by atoms with Gasteiger partial charge in [0, 0.05) is 33.7 Å². The van der Waals surface area contributed by atoms with Crippen LogP contribution in [0.5, 0.6) is 0 Å². The van der Waals surface area contributed by atoms with Crippen LogP contribution in [-0.2, 0) is 0 Å². The molecular weight excluding hydrogens is 252 g/mol. The van der Waals surface area contributed by atoms with Crippen molar-refractivity contribution in [1.29, 1.82) is 0 Å². The van der Waals surface area contributed by atoms with Gasteiger partial charge in [0.2, 0.25) is 17.8 Å². The quantitative estimate of drug-likeness (QED) is 0.884. The van der Waals surface area contributed by atoms with E-state index in [4.69, 9.17) is 0 Å². The molecule has 1 N–H and O–H groups in total.